The fourth-order valence-electron chi connectivity index (χ4n) is 4.59. The molecule has 1 aliphatic rings. The highest BCUT2D eigenvalue weighted by Crippen LogP contribution is 2.45. The minimum Gasteiger partial charge on any atom is -0.388 e. The SMILES string of the molecule is Nc1nc2cc(CC[C@@]3(F)C[C@@H](n4ccc5c(N)ncnc54)[C@H](O)[C@@H]3O)ccc2cc1Br. The molecular formula is C22H22BrFN6O2. The summed E-state index contributed by atoms with van der Waals surface area (Å²) in [5.41, 5.74) is 11.9. The number of nitrogens with two attached hydrogens (primary N) is 2. The largest absolute Gasteiger partial charge is 0.388 e. The molecule has 0 aliphatic heterocycles. The van der Waals surface area contributed by atoms with Gasteiger partial charge < -0.3 is 26.2 Å². The number of hydrogen-bond donors (Lipinski definition) is 4. The molecule has 0 saturated heterocycles. The molecule has 4 atom stereocenters. The van der Waals surface area contributed by atoms with E-state index in [1.807, 2.05) is 24.3 Å². The van der Waals surface area contributed by atoms with E-state index in [0.717, 1.165) is 20.9 Å². The monoisotopic (exact) mass is 500 g/mol. The number of aliphatic hydroxyl groups is 2. The van der Waals surface area contributed by atoms with Crippen LogP contribution in [0.15, 0.2) is 47.3 Å². The van der Waals surface area contributed by atoms with Crippen molar-refractivity contribution in [3.8, 4) is 0 Å². The van der Waals surface area contributed by atoms with Crippen LogP contribution in [0.4, 0.5) is 16.0 Å². The van der Waals surface area contributed by atoms with Crippen LogP contribution in [0.3, 0.4) is 0 Å². The van der Waals surface area contributed by atoms with Gasteiger partial charge in [0.25, 0.3) is 0 Å². The molecule has 0 radical (unpaired) electrons. The Balaban J connectivity index is 1.38. The maximum Gasteiger partial charge on any atom is 0.145 e. The van der Waals surface area contributed by atoms with Crippen LogP contribution in [-0.2, 0) is 6.42 Å². The van der Waals surface area contributed by atoms with Gasteiger partial charge in [-0.3, -0.25) is 0 Å². The first-order valence-corrected chi connectivity index (χ1v) is 11.0. The third kappa shape index (κ3) is 3.39. The van der Waals surface area contributed by atoms with Crippen molar-refractivity contribution in [3.63, 3.8) is 0 Å². The number of anilines is 2. The minimum absolute atomic E-state index is 0.0469. The van der Waals surface area contributed by atoms with Crippen LogP contribution >= 0.6 is 15.9 Å². The van der Waals surface area contributed by atoms with E-state index in [4.69, 9.17) is 11.5 Å². The number of nitrogens with zero attached hydrogens (tertiary/aromatic N) is 4. The van der Waals surface area contributed by atoms with Crippen molar-refractivity contribution in [2.24, 2.45) is 0 Å². The molecule has 1 aliphatic carbocycles. The summed E-state index contributed by atoms with van der Waals surface area (Å²) in [5.74, 6) is 0.697. The molecule has 6 N–H and O–H groups in total. The van der Waals surface area contributed by atoms with Crippen molar-refractivity contribution >= 4 is 49.5 Å². The Hall–Kier alpha value is -2.82. The van der Waals surface area contributed by atoms with Crippen LogP contribution < -0.4 is 11.5 Å². The number of pyridine rings is 1. The first-order valence-electron chi connectivity index (χ1n) is 10.2. The Morgan fingerprint density at radius 1 is 1.16 bits per heavy atom. The van der Waals surface area contributed by atoms with Crippen LogP contribution in [-0.4, -0.2) is 47.6 Å². The van der Waals surface area contributed by atoms with Gasteiger partial charge in [0.2, 0.25) is 0 Å². The lowest BCUT2D eigenvalue weighted by Gasteiger charge is -2.24. The molecule has 3 heterocycles. The molecule has 166 valence electrons. The Morgan fingerprint density at radius 2 is 1.97 bits per heavy atom. The number of aryl methyl sites for hydroxylation is 1. The summed E-state index contributed by atoms with van der Waals surface area (Å²) in [6.07, 6.45) is 0.608. The van der Waals surface area contributed by atoms with Crippen molar-refractivity contribution in [1.82, 2.24) is 19.5 Å². The maximum absolute atomic E-state index is 15.9. The molecule has 32 heavy (non-hydrogen) atoms. The molecule has 4 aromatic rings. The summed E-state index contributed by atoms with van der Waals surface area (Å²) in [6, 6.07) is 8.63. The molecule has 0 bridgehead atoms. The zero-order valence-corrected chi connectivity index (χ0v) is 18.6. The second-order valence-electron chi connectivity index (χ2n) is 8.34. The molecule has 3 aromatic heterocycles. The number of benzene rings is 1. The summed E-state index contributed by atoms with van der Waals surface area (Å²) in [7, 11) is 0. The number of aromatic nitrogens is 4. The molecular weight excluding hydrogens is 479 g/mol. The Kier molecular flexibility index (Phi) is 5.03. The van der Waals surface area contributed by atoms with Crippen molar-refractivity contribution < 1.29 is 14.6 Å². The van der Waals surface area contributed by atoms with Crippen LogP contribution in [0.5, 0.6) is 0 Å². The number of aliphatic hydroxyl groups excluding tert-OH is 2. The standard InChI is InChI=1S/C22H22BrFN6O2/c23-14-8-12-2-1-11(7-15(12)29-20(14)26)3-5-22(24)9-16(17(31)18(22)32)30-6-4-13-19(25)27-10-28-21(13)30/h1-2,4,6-8,10,16-18,31-32H,3,5,9H2,(H2,26,29)(H2,25,27,28)/t16-,17+,18+,22-/m1/s1. The zero-order chi connectivity index (χ0) is 22.6. The lowest BCUT2D eigenvalue weighted by Crippen LogP contribution is -2.39. The van der Waals surface area contributed by atoms with Gasteiger partial charge in [-0.25, -0.2) is 19.3 Å². The Bertz CT molecular complexity index is 1330. The molecule has 0 spiro atoms. The molecule has 1 fully saturated rings. The molecule has 1 saturated carbocycles. The molecule has 0 amide bonds. The fraction of sp³-hybridized carbons (Fsp3) is 0.318. The zero-order valence-electron chi connectivity index (χ0n) is 17.0. The van der Waals surface area contributed by atoms with Gasteiger partial charge in [-0.2, -0.15) is 0 Å². The van der Waals surface area contributed by atoms with E-state index in [-0.39, 0.29) is 12.8 Å². The van der Waals surface area contributed by atoms with E-state index >= 15 is 4.39 Å². The predicted octanol–water partition coefficient (Wildman–Crippen LogP) is 2.91. The van der Waals surface area contributed by atoms with Gasteiger partial charge in [-0.1, -0.05) is 12.1 Å². The minimum atomic E-state index is -1.96. The van der Waals surface area contributed by atoms with E-state index in [1.165, 1.54) is 6.33 Å². The number of rotatable bonds is 4. The van der Waals surface area contributed by atoms with Gasteiger partial charge in [-0.15, -0.1) is 0 Å². The highest BCUT2D eigenvalue weighted by molar-refractivity contribution is 9.10. The summed E-state index contributed by atoms with van der Waals surface area (Å²) < 4.78 is 18.3. The Morgan fingerprint density at radius 3 is 2.78 bits per heavy atom. The molecule has 10 heteroatoms. The topological polar surface area (TPSA) is 136 Å². The average Bonchev–Trinajstić information content (AvgIpc) is 3.29. The summed E-state index contributed by atoms with van der Waals surface area (Å²) in [4.78, 5) is 12.5. The highest BCUT2D eigenvalue weighted by atomic mass is 79.9. The highest BCUT2D eigenvalue weighted by Gasteiger charge is 2.54. The van der Waals surface area contributed by atoms with Gasteiger partial charge in [0.1, 0.15) is 41.5 Å². The maximum atomic E-state index is 15.9. The van der Waals surface area contributed by atoms with E-state index in [2.05, 4.69) is 30.9 Å². The summed E-state index contributed by atoms with van der Waals surface area (Å²) in [6.45, 7) is 0. The van der Waals surface area contributed by atoms with Crippen molar-refractivity contribution in [1.29, 1.82) is 0 Å². The van der Waals surface area contributed by atoms with Crippen LogP contribution in [0.25, 0.3) is 21.9 Å². The molecule has 8 nitrogen and oxygen atoms in total. The average molecular weight is 501 g/mol. The number of alkyl halides is 1. The molecule has 1 aromatic carbocycles. The fourth-order valence-corrected chi connectivity index (χ4v) is 4.92. The van der Waals surface area contributed by atoms with Crippen molar-refractivity contribution in [2.45, 2.75) is 43.2 Å². The van der Waals surface area contributed by atoms with Crippen molar-refractivity contribution in [3.05, 3.63) is 52.9 Å². The quantitative estimate of drug-likeness (QED) is 0.338. The smallest absolute Gasteiger partial charge is 0.145 e. The molecule has 0 unspecified atom stereocenters. The lowest BCUT2D eigenvalue weighted by atomic mass is 9.92. The van der Waals surface area contributed by atoms with E-state index < -0.39 is 23.9 Å². The van der Waals surface area contributed by atoms with Crippen LogP contribution in [0.2, 0.25) is 0 Å². The number of nitrogen functional groups attached to an aromatic ring is 2. The third-order valence-corrected chi connectivity index (χ3v) is 7.02. The van der Waals surface area contributed by atoms with Gasteiger partial charge in [0, 0.05) is 18.0 Å². The number of hydrogen-bond acceptors (Lipinski definition) is 7. The second kappa shape index (κ2) is 7.65. The molecule has 5 rings (SSSR count). The Labute approximate surface area is 191 Å². The van der Waals surface area contributed by atoms with E-state index in [9.17, 15) is 10.2 Å². The van der Waals surface area contributed by atoms with Gasteiger partial charge in [0.05, 0.1) is 21.4 Å². The normalized spacial score (nSPS) is 25.7. The first-order chi connectivity index (χ1) is 15.3. The van der Waals surface area contributed by atoms with Crippen LogP contribution in [0, 0.1) is 0 Å². The van der Waals surface area contributed by atoms with Gasteiger partial charge in [0.15, 0.2) is 0 Å². The van der Waals surface area contributed by atoms with Crippen molar-refractivity contribution in [2.75, 3.05) is 11.5 Å². The number of fused-ring (bicyclic) bond motifs is 2. The van der Waals surface area contributed by atoms with E-state index in [0.29, 0.717) is 29.1 Å². The van der Waals surface area contributed by atoms with Crippen LogP contribution in [0.1, 0.15) is 24.4 Å². The number of halogens is 2. The third-order valence-electron chi connectivity index (χ3n) is 6.39. The second-order valence-corrected chi connectivity index (χ2v) is 9.20. The predicted molar refractivity (Wildman–Crippen MR) is 124 cm³/mol. The lowest BCUT2D eigenvalue weighted by molar-refractivity contribution is -0.0465. The van der Waals surface area contributed by atoms with E-state index in [1.54, 1.807) is 16.8 Å². The summed E-state index contributed by atoms with van der Waals surface area (Å²) in [5, 5.41) is 22.8. The summed E-state index contributed by atoms with van der Waals surface area (Å²) >= 11 is 3.36. The van der Waals surface area contributed by atoms with Gasteiger partial charge in [-0.05, 0) is 52.5 Å². The van der Waals surface area contributed by atoms with Gasteiger partial charge >= 0.3 is 0 Å². The first kappa shape index (κ1) is 21.0.